The minimum atomic E-state index is -1.14. The number of benzene rings is 2. The van der Waals surface area contributed by atoms with Crippen LogP contribution in [0.25, 0.3) is 11.1 Å². The monoisotopic (exact) mass is 396 g/mol. The summed E-state index contributed by atoms with van der Waals surface area (Å²) in [5.41, 5.74) is 4.46. The molecule has 2 aromatic rings. The second kappa shape index (κ2) is 8.77. The van der Waals surface area contributed by atoms with Crippen molar-refractivity contribution in [2.75, 3.05) is 6.61 Å². The number of amides is 2. The minimum absolute atomic E-state index is 0.0749. The number of aliphatic carboxylic acids is 1. The van der Waals surface area contributed by atoms with Crippen LogP contribution in [-0.2, 0) is 14.3 Å². The molecule has 0 aromatic heterocycles. The second-order valence-corrected chi connectivity index (χ2v) is 7.00. The smallest absolute Gasteiger partial charge is 0.407 e. The van der Waals surface area contributed by atoms with E-state index in [-0.39, 0.29) is 12.5 Å². The van der Waals surface area contributed by atoms with Crippen molar-refractivity contribution in [3.63, 3.8) is 0 Å². The van der Waals surface area contributed by atoms with Gasteiger partial charge in [-0.3, -0.25) is 9.59 Å². The largest absolute Gasteiger partial charge is 0.480 e. The first-order valence-electron chi connectivity index (χ1n) is 9.57. The predicted molar refractivity (Wildman–Crippen MR) is 108 cm³/mol. The lowest BCUT2D eigenvalue weighted by Crippen LogP contribution is -2.50. The van der Waals surface area contributed by atoms with Gasteiger partial charge in [0.15, 0.2) is 0 Å². The molecule has 0 radical (unpaired) electrons. The van der Waals surface area contributed by atoms with Gasteiger partial charge in [0.1, 0.15) is 18.7 Å². The lowest BCUT2D eigenvalue weighted by Gasteiger charge is -2.19. The molecule has 3 rings (SSSR count). The van der Waals surface area contributed by atoms with Crippen LogP contribution in [0.5, 0.6) is 0 Å². The van der Waals surface area contributed by atoms with Crippen LogP contribution < -0.4 is 10.6 Å². The van der Waals surface area contributed by atoms with Crippen LogP contribution in [0.15, 0.2) is 48.5 Å². The third-order valence-corrected chi connectivity index (χ3v) is 5.09. The molecule has 2 atom stereocenters. The van der Waals surface area contributed by atoms with Crippen molar-refractivity contribution in [2.45, 2.75) is 38.3 Å². The Bertz CT molecular complexity index is 881. The molecule has 0 spiro atoms. The molecular weight excluding hydrogens is 372 g/mol. The van der Waals surface area contributed by atoms with Crippen molar-refractivity contribution in [1.29, 1.82) is 0 Å². The van der Waals surface area contributed by atoms with E-state index < -0.39 is 30.1 Å². The number of carboxylic acid groups (broad SMARTS) is 1. The highest BCUT2D eigenvalue weighted by Crippen LogP contribution is 2.44. The summed E-state index contributed by atoms with van der Waals surface area (Å²) in [7, 11) is 0. The van der Waals surface area contributed by atoms with Gasteiger partial charge in [0.2, 0.25) is 5.91 Å². The summed E-state index contributed by atoms with van der Waals surface area (Å²) in [5, 5.41) is 13.8. The highest BCUT2D eigenvalue weighted by molar-refractivity contribution is 5.89. The maximum absolute atomic E-state index is 12.3. The normalized spacial score (nSPS) is 14.3. The van der Waals surface area contributed by atoms with E-state index in [9.17, 15) is 14.4 Å². The van der Waals surface area contributed by atoms with Gasteiger partial charge in [-0.15, -0.1) is 0 Å². The minimum Gasteiger partial charge on any atom is -0.480 e. The lowest BCUT2D eigenvalue weighted by molar-refractivity contribution is -0.141. The molecule has 0 bridgehead atoms. The van der Waals surface area contributed by atoms with Gasteiger partial charge in [0.05, 0.1) is 0 Å². The molecule has 1 aliphatic carbocycles. The molecule has 0 aliphatic heterocycles. The Morgan fingerprint density at radius 1 is 1.00 bits per heavy atom. The summed E-state index contributed by atoms with van der Waals surface area (Å²) < 4.78 is 5.43. The number of carboxylic acids is 1. The standard InChI is InChI=1S/C22H24N2O5/c1-3-19(20(25)23-13(2)21(26)27)24-22(28)29-12-18-16-10-6-4-8-14(16)15-9-5-7-11-17(15)18/h4-11,13,18-19H,3,12H2,1-2H3,(H,23,25)(H,24,28)(H,26,27)/t13-,19+/m0/s1. The maximum Gasteiger partial charge on any atom is 0.407 e. The molecule has 1 aliphatic rings. The number of hydrogen-bond donors (Lipinski definition) is 3. The summed E-state index contributed by atoms with van der Waals surface area (Å²) in [5.74, 6) is -1.78. The van der Waals surface area contributed by atoms with Crippen molar-refractivity contribution in [1.82, 2.24) is 10.6 Å². The van der Waals surface area contributed by atoms with Gasteiger partial charge < -0.3 is 20.5 Å². The van der Waals surface area contributed by atoms with E-state index in [2.05, 4.69) is 22.8 Å². The molecule has 0 heterocycles. The molecule has 152 valence electrons. The summed E-state index contributed by atoms with van der Waals surface area (Å²) in [6, 6.07) is 14.1. The van der Waals surface area contributed by atoms with E-state index in [4.69, 9.17) is 9.84 Å². The van der Waals surface area contributed by atoms with E-state index in [1.165, 1.54) is 6.92 Å². The first-order chi connectivity index (χ1) is 13.9. The van der Waals surface area contributed by atoms with Gasteiger partial charge in [-0.05, 0) is 35.6 Å². The molecule has 29 heavy (non-hydrogen) atoms. The number of carbonyl (C=O) groups is 3. The topological polar surface area (TPSA) is 105 Å². The number of ether oxygens (including phenoxy) is 1. The van der Waals surface area contributed by atoms with Crippen LogP contribution in [0.2, 0.25) is 0 Å². The van der Waals surface area contributed by atoms with Gasteiger partial charge in [-0.2, -0.15) is 0 Å². The molecule has 0 saturated heterocycles. The summed E-state index contributed by atoms with van der Waals surface area (Å²) in [6.45, 7) is 3.23. The van der Waals surface area contributed by atoms with Gasteiger partial charge in [0, 0.05) is 5.92 Å². The molecule has 0 saturated carbocycles. The lowest BCUT2D eigenvalue weighted by atomic mass is 9.98. The van der Waals surface area contributed by atoms with Crippen LogP contribution in [-0.4, -0.2) is 41.8 Å². The van der Waals surface area contributed by atoms with Crippen molar-refractivity contribution < 1.29 is 24.2 Å². The Morgan fingerprint density at radius 3 is 2.07 bits per heavy atom. The maximum atomic E-state index is 12.3. The summed E-state index contributed by atoms with van der Waals surface area (Å²) in [4.78, 5) is 35.3. The molecule has 0 fully saturated rings. The van der Waals surface area contributed by atoms with Crippen molar-refractivity contribution in [3.05, 3.63) is 59.7 Å². The number of carbonyl (C=O) groups excluding carboxylic acids is 2. The zero-order valence-electron chi connectivity index (χ0n) is 16.3. The van der Waals surface area contributed by atoms with Crippen LogP contribution in [0, 0.1) is 0 Å². The molecule has 0 unspecified atom stereocenters. The summed E-state index contributed by atoms with van der Waals surface area (Å²) >= 11 is 0. The predicted octanol–water partition coefficient (Wildman–Crippen LogP) is 2.89. The van der Waals surface area contributed by atoms with E-state index >= 15 is 0 Å². The fourth-order valence-corrected chi connectivity index (χ4v) is 3.51. The number of fused-ring (bicyclic) bond motifs is 3. The second-order valence-electron chi connectivity index (χ2n) is 7.00. The zero-order valence-corrected chi connectivity index (χ0v) is 16.3. The highest BCUT2D eigenvalue weighted by atomic mass is 16.5. The third-order valence-electron chi connectivity index (χ3n) is 5.09. The first-order valence-corrected chi connectivity index (χ1v) is 9.57. The van der Waals surface area contributed by atoms with Crippen LogP contribution in [0.4, 0.5) is 4.79 Å². The molecule has 7 heteroatoms. The number of nitrogens with one attached hydrogen (secondary N) is 2. The Labute approximate surface area is 169 Å². The van der Waals surface area contributed by atoms with Gasteiger partial charge >= 0.3 is 12.1 Å². The van der Waals surface area contributed by atoms with Crippen molar-refractivity contribution in [3.8, 4) is 11.1 Å². The fraction of sp³-hybridized carbons (Fsp3) is 0.318. The average Bonchev–Trinajstić information content (AvgIpc) is 3.04. The number of hydrogen-bond acceptors (Lipinski definition) is 4. The van der Waals surface area contributed by atoms with Crippen LogP contribution >= 0.6 is 0 Å². The van der Waals surface area contributed by atoms with E-state index in [0.717, 1.165) is 22.3 Å². The third kappa shape index (κ3) is 4.39. The fourth-order valence-electron chi connectivity index (χ4n) is 3.51. The van der Waals surface area contributed by atoms with Crippen LogP contribution in [0.3, 0.4) is 0 Å². The molecule has 2 amide bonds. The Balaban J connectivity index is 1.63. The SMILES string of the molecule is CC[C@@H](NC(=O)OCC1c2ccccc2-c2ccccc21)C(=O)N[C@@H](C)C(=O)O. The number of alkyl carbamates (subject to hydrolysis) is 1. The molecule has 7 nitrogen and oxygen atoms in total. The van der Waals surface area contributed by atoms with E-state index in [1.807, 2.05) is 36.4 Å². The highest BCUT2D eigenvalue weighted by Gasteiger charge is 2.29. The van der Waals surface area contributed by atoms with Gasteiger partial charge in [-0.1, -0.05) is 55.5 Å². The Morgan fingerprint density at radius 2 is 1.55 bits per heavy atom. The van der Waals surface area contributed by atoms with Crippen molar-refractivity contribution in [2.24, 2.45) is 0 Å². The van der Waals surface area contributed by atoms with Crippen LogP contribution in [0.1, 0.15) is 37.3 Å². The Kier molecular flexibility index (Phi) is 6.16. The average molecular weight is 396 g/mol. The first kappa shape index (κ1) is 20.4. The quantitative estimate of drug-likeness (QED) is 0.667. The summed E-state index contributed by atoms with van der Waals surface area (Å²) in [6.07, 6.45) is -0.403. The van der Waals surface area contributed by atoms with E-state index in [1.54, 1.807) is 6.92 Å². The van der Waals surface area contributed by atoms with Gasteiger partial charge in [-0.25, -0.2) is 4.79 Å². The number of rotatable bonds is 7. The molecular formula is C22H24N2O5. The Hall–Kier alpha value is -3.35. The van der Waals surface area contributed by atoms with Gasteiger partial charge in [0.25, 0.3) is 0 Å². The van der Waals surface area contributed by atoms with Crippen molar-refractivity contribution >= 4 is 18.0 Å². The molecule has 2 aromatic carbocycles. The zero-order chi connectivity index (χ0) is 21.0. The van der Waals surface area contributed by atoms with E-state index in [0.29, 0.717) is 6.42 Å². The molecule has 3 N–H and O–H groups in total.